The molecule has 0 N–H and O–H groups in total. The van der Waals surface area contributed by atoms with Gasteiger partial charge < -0.3 is 0 Å². The molecule has 0 aliphatic rings. The van der Waals surface area contributed by atoms with E-state index in [4.69, 9.17) is 11.6 Å². The Morgan fingerprint density at radius 2 is 2.11 bits per heavy atom. The minimum absolute atomic E-state index is 0.693. The van der Waals surface area contributed by atoms with Crippen LogP contribution in [0, 0.1) is 0 Å². The lowest BCUT2D eigenvalue weighted by molar-refractivity contribution is 0.277. The highest BCUT2D eigenvalue weighted by Crippen LogP contribution is 2.15. The second-order valence-corrected chi connectivity index (χ2v) is 5.23. The number of hydrogen-bond acceptors (Lipinski definition) is 2. The Kier molecular flexibility index (Phi) is 5.62. The summed E-state index contributed by atoms with van der Waals surface area (Å²) in [5, 5.41) is 1.21. The summed E-state index contributed by atoms with van der Waals surface area (Å²) in [5.74, 6) is 0.693. The lowest BCUT2D eigenvalue weighted by Gasteiger charge is -2.21. The molecule has 102 valence electrons. The molecule has 0 spiro atoms. The Morgan fingerprint density at radius 1 is 1.21 bits per heavy atom. The molecule has 0 aliphatic heterocycles. The number of unbranched alkanes of at least 4 members (excludes halogenated alkanes) is 1. The van der Waals surface area contributed by atoms with Crippen LogP contribution in [0.25, 0.3) is 10.9 Å². The van der Waals surface area contributed by atoms with Crippen molar-refractivity contribution < 1.29 is 0 Å². The molecule has 1 aromatic heterocycles. The Hall–Kier alpha value is -1.12. The minimum atomic E-state index is 0.693. The number of halogens is 1. The Labute approximate surface area is 120 Å². The summed E-state index contributed by atoms with van der Waals surface area (Å²) in [6.07, 6.45) is 4.29. The van der Waals surface area contributed by atoms with E-state index in [2.05, 4.69) is 41.1 Å². The standard InChI is InChI=1S/C16H21ClN2/c1-2-3-10-19(11-8-17)13-14-6-7-16-15(12-14)5-4-9-18-16/h4-7,9,12H,2-3,8,10-11,13H2,1H3. The van der Waals surface area contributed by atoms with E-state index in [9.17, 15) is 0 Å². The fourth-order valence-corrected chi connectivity index (χ4v) is 2.49. The number of rotatable bonds is 7. The van der Waals surface area contributed by atoms with Gasteiger partial charge in [0.25, 0.3) is 0 Å². The van der Waals surface area contributed by atoms with E-state index >= 15 is 0 Å². The Balaban J connectivity index is 2.09. The average Bonchev–Trinajstić information content (AvgIpc) is 2.45. The molecule has 0 fully saturated rings. The fourth-order valence-electron chi connectivity index (χ4n) is 2.25. The van der Waals surface area contributed by atoms with Crippen LogP contribution in [0.3, 0.4) is 0 Å². The van der Waals surface area contributed by atoms with Crippen LogP contribution >= 0.6 is 11.6 Å². The van der Waals surface area contributed by atoms with E-state index in [1.807, 2.05) is 12.3 Å². The first-order valence-electron chi connectivity index (χ1n) is 6.95. The van der Waals surface area contributed by atoms with Crippen LogP contribution in [0.1, 0.15) is 25.3 Å². The largest absolute Gasteiger partial charge is 0.298 e. The highest BCUT2D eigenvalue weighted by molar-refractivity contribution is 6.18. The second-order valence-electron chi connectivity index (χ2n) is 4.85. The van der Waals surface area contributed by atoms with Crippen molar-refractivity contribution in [2.24, 2.45) is 0 Å². The molecule has 0 atom stereocenters. The lowest BCUT2D eigenvalue weighted by Crippen LogP contribution is -2.26. The number of aromatic nitrogens is 1. The molecule has 2 nitrogen and oxygen atoms in total. The van der Waals surface area contributed by atoms with E-state index < -0.39 is 0 Å². The van der Waals surface area contributed by atoms with Gasteiger partial charge in [-0.1, -0.05) is 25.5 Å². The van der Waals surface area contributed by atoms with Crippen molar-refractivity contribution >= 4 is 22.5 Å². The van der Waals surface area contributed by atoms with Crippen molar-refractivity contribution in [2.75, 3.05) is 19.0 Å². The zero-order chi connectivity index (χ0) is 13.5. The van der Waals surface area contributed by atoms with Crippen LogP contribution in [0.15, 0.2) is 36.5 Å². The summed E-state index contributed by atoms with van der Waals surface area (Å²) in [6.45, 7) is 5.26. The molecular formula is C16H21ClN2. The van der Waals surface area contributed by atoms with Crippen molar-refractivity contribution in [3.05, 3.63) is 42.1 Å². The Morgan fingerprint density at radius 3 is 2.89 bits per heavy atom. The van der Waals surface area contributed by atoms with Crippen molar-refractivity contribution in [3.8, 4) is 0 Å². The first-order chi connectivity index (χ1) is 9.33. The number of benzene rings is 1. The summed E-state index contributed by atoms with van der Waals surface area (Å²) in [4.78, 5) is 6.78. The molecule has 19 heavy (non-hydrogen) atoms. The third-order valence-electron chi connectivity index (χ3n) is 3.30. The first-order valence-corrected chi connectivity index (χ1v) is 7.49. The highest BCUT2D eigenvalue weighted by Gasteiger charge is 2.05. The summed E-state index contributed by atoms with van der Waals surface area (Å²) < 4.78 is 0. The van der Waals surface area contributed by atoms with E-state index in [0.717, 1.165) is 25.2 Å². The van der Waals surface area contributed by atoms with Crippen LogP contribution in [0.4, 0.5) is 0 Å². The van der Waals surface area contributed by atoms with Crippen molar-refractivity contribution in [2.45, 2.75) is 26.3 Å². The van der Waals surface area contributed by atoms with Crippen LogP contribution in [-0.2, 0) is 6.54 Å². The van der Waals surface area contributed by atoms with Gasteiger partial charge in [0.1, 0.15) is 0 Å². The maximum atomic E-state index is 5.88. The lowest BCUT2D eigenvalue weighted by atomic mass is 10.1. The number of alkyl halides is 1. The zero-order valence-corrected chi connectivity index (χ0v) is 12.2. The molecule has 0 radical (unpaired) electrons. The molecule has 0 unspecified atom stereocenters. The molecule has 3 heteroatoms. The molecule has 2 rings (SSSR count). The van der Waals surface area contributed by atoms with Gasteiger partial charge >= 0.3 is 0 Å². The van der Waals surface area contributed by atoms with Gasteiger partial charge in [-0.25, -0.2) is 0 Å². The average molecular weight is 277 g/mol. The molecule has 1 aromatic carbocycles. The predicted octanol–water partition coefficient (Wildman–Crippen LogP) is 4.08. The molecule has 0 amide bonds. The number of fused-ring (bicyclic) bond motifs is 1. The van der Waals surface area contributed by atoms with Gasteiger partial charge in [0.05, 0.1) is 5.52 Å². The van der Waals surface area contributed by atoms with Gasteiger partial charge in [-0.2, -0.15) is 0 Å². The van der Waals surface area contributed by atoms with E-state index in [0.29, 0.717) is 5.88 Å². The second kappa shape index (κ2) is 7.46. The monoisotopic (exact) mass is 276 g/mol. The van der Waals surface area contributed by atoms with E-state index in [-0.39, 0.29) is 0 Å². The summed E-state index contributed by atoms with van der Waals surface area (Å²) in [5.41, 5.74) is 2.39. The molecule has 1 heterocycles. The highest BCUT2D eigenvalue weighted by atomic mass is 35.5. The minimum Gasteiger partial charge on any atom is -0.298 e. The zero-order valence-electron chi connectivity index (χ0n) is 11.5. The normalized spacial score (nSPS) is 11.3. The van der Waals surface area contributed by atoms with E-state index in [1.165, 1.54) is 23.8 Å². The SMILES string of the molecule is CCCCN(CCCl)Cc1ccc2ncccc2c1. The number of pyridine rings is 1. The fraction of sp³-hybridized carbons (Fsp3) is 0.438. The van der Waals surface area contributed by atoms with Gasteiger partial charge in [0.15, 0.2) is 0 Å². The molecule has 0 saturated carbocycles. The van der Waals surface area contributed by atoms with Crippen LogP contribution in [0.5, 0.6) is 0 Å². The third kappa shape index (κ3) is 4.19. The summed E-state index contributed by atoms with van der Waals surface area (Å²) >= 11 is 5.88. The van der Waals surface area contributed by atoms with Crippen molar-refractivity contribution in [3.63, 3.8) is 0 Å². The molecule has 0 bridgehead atoms. The quantitative estimate of drug-likeness (QED) is 0.709. The maximum Gasteiger partial charge on any atom is 0.0702 e. The maximum absolute atomic E-state index is 5.88. The van der Waals surface area contributed by atoms with Crippen LogP contribution in [0.2, 0.25) is 0 Å². The van der Waals surface area contributed by atoms with Crippen molar-refractivity contribution in [1.82, 2.24) is 9.88 Å². The Bertz CT molecular complexity index is 513. The van der Waals surface area contributed by atoms with E-state index in [1.54, 1.807) is 0 Å². The smallest absolute Gasteiger partial charge is 0.0702 e. The number of nitrogens with zero attached hydrogens (tertiary/aromatic N) is 2. The first kappa shape index (κ1) is 14.3. The van der Waals surface area contributed by atoms with Gasteiger partial charge in [-0.05, 0) is 36.7 Å². The van der Waals surface area contributed by atoms with Gasteiger partial charge in [0.2, 0.25) is 0 Å². The predicted molar refractivity (Wildman–Crippen MR) is 82.6 cm³/mol. The number of hydrogen-bond donors (Lipinski definition) is 0. The van der Waals surface area contributed by atoms with Crippen molar-refractivity contribution in [1.29, 1.82) is 0 Å². The molecular weight excluding hydrogens is 256 g/mol. The van der Waals surface area contributed by atoms with Gasteiger partial charge in [-0.3, -0.25) is 9.88 Å². The summed E-state index contributed by atoms with van der Waals surface area (Å²) in [7, 11) is 0. The van der Waals surface area contributed by atoms with Crippen LogP contribution < -0.4 is 0 Å². The van der Waals surface area contributed by atoms with Gasteiger partial charge in [-0.15, -0.1) is 11.6 Å². The summed E-state index contributed by atoms with van der Waals surface area (Å²) in [6, 6.07) is 10.6. The molecule has 0 aliphatic carbocycles. The molecule has 0 saturated heterocycles. The van der Waals surface area contributed by atoms with Gasteiger partial charge in [0, 0.05) is 30.6 Å². The topological polar surface area (TPSA) is 16.1 Å². The van der Waals surface area contributed by atoms with Crippen LogP contribution in [-0.4, -0.2) is 28.9 Å². The molecule has 2 aromatic rings. The third-order valence-corrected chi connectivity index (χ3v) is 3.47.